The molecule has 1 amide bonds. The molecule has 82 valence electrons. The van der Waals surface area contributed by atoms with E-state index in [9.17, 15) is 4.79 Å². The molecule has 0 aliphatic rings. The summed E-state index contributed by atoms with van der Waals surface area (Å²) in [4.78, 5) is 11.7. The number of hydrogen-bond acceptors (Lipinski definition) is 2. The Bertz CT molecular complexity index is 378. The fourth-order valence-electron chi connectivity index (χ4n) is 1.10. The molecule has 0 radical (unpaired) electrons. The molecule has 1 aromatic rings. The van der Waals surface area contributed by atoms with Crippen molar-refractivity contribution in [3.63, 3.8) is 0 Å². The summed E-state index contributed by atoms with van der Waals surface area (Å²) in [5.74, 6) is -0.00352. The van der Waals surface area contributed by atoms with E-state index in [0.717, 1.165) is 11.3 Å². The third-order valence-electron chi connectivity index (χ3n) is 2.31. The van der Waals surface area contributed by atoms with Crippen LogP contribution >= 0.6 is 0 Å². The zero-order chi connectivity index (χ0) is 11.6. The molecule has 0 aliphatic heterocycles. The van der Waals surface area contributed by atoms with Crippen molar-refractivity contribution in [2.45, 2.75) is 27.7 Å². The second kappa shape index (κ2) is 3.93. The number of rotatable bonds is 1. The van der Waals surface area contributed by atoms with Crippen molar-refractivity contribution >= 4 is 17.3 Å². The van der Waals surface area contributed by atoms with Crippen LogP contribution in [0.1, 0.15) is 26.3 Å². The third-order valence-corrected chi connectivity index (χ3v) is 2.31. The molecule has 0 unspecified atom stereocenters. The molecular formula is C12H18N2O. The van der Waals surface area contributed by atoms with Gasteiger partial charge in [0, 0.05) is 16.8 Å². The van der Waals surface area contributed by atoms with Gasteiger partial charge in [-0.1, -0.05) is 26.8 Å². The van der Waals surface area contributed by atoms with Gasteiger partial charge in [0.05, 0.1) is 0 Å². The van der Waals surface area contributed by atoms with Crippen LogP contribution in [0.25, 0.3) is 0 Å². The molecule has 0 saturated heterocycles. The molecule has 0 atom stereocenters. The van der Waals surface area contributed by atoms with Crippen molar-refractivity contribution in [2.24, 2.45) is 5.41 Å². The van der Waals surface area contributed by atoms with Crippen molar-refractivity contribution in [3.8, 4) is 0 Å². The van der Waals surface area contributed by atoms with Crippen LogP contribution in [0.5, 0.6) is 0 Å². The van der Waals surface area contributed by atoms with Gasteiger partial charge in [-0.25, -0.2) is 0 Å². The van der Waals surface area contributed by atoms with Crippen LogP contribution in [-0.2, 0) is 4.79 Å². The lowest BCUT2D eigenvalue weighted by atomic mass is 9.95. The van der Waals surface area contributed by atoms with E-state index in [1.807, 2.05) is 45.9 Å². The van der Waals surface area contributed by atoms with Gasteiger partial charge in [0.25, 0.3) is 0 Å². The summed E-state index contributed by atoms with van der Waals surface area (Å²) >= 11 is 0. The summed E-state index contributed by atoms with van der Waals surface area (Å²) in [6, 6.07) is 5.51. The molecule has 0 aromatic heterocycles. The zero-order valence-electron chi connectivity index (χ0n) is 9.72. The first kappa shape index (κ1) is 11.6. The Labute approximate surface area is 90.7 Å². The second-order valence-electron chi connectivity index (χ2n) is 4.72. The first-order chi connectivity index (χ1) is 6.82. The van der Waals surface area contributed by atoms with Crippen molar-refractivity contribution in [1.82, 2.24) is 0 Å². The molecule has 3 heteroatoms. The Morgan fingerprint density at radius 3 is 2.47 bits per heavy atom. The van der Waals surface area contributed by atoms with Crippen LogP contribution in [0.15, 0.2) is 18.2 Å². The van der Waals surface area contributed by atoms with E-state index in [4.69, 9.17) is 5.73 Å². The molecule has 3 nitrogen and oxygen atoms in total. The monoisotopic (exact) mass is 206 g/mol. The molecule has 0 saturated carbocycles. The first-order valence-corrected chi connectivity index (χ1v) is 4.99. The minimum Gasteiger partial charge on any atom is -0.398 e. The average molecular weight is 206 g/mol. The highest BCUT2D eigenvalue weighted by molar-refractivity contribution is 5.95. The summed E-state index contributed by atoms with van der Waals surface area (Å²) < 4.78 is 0. The number of hydrogen-bond donors (Lipinski definition) is 2. The molecule has 1 rings (SSSR count). The highest BCUT2D eigenvalue weighted by Gasteiger charge is 2.21. The van der Waals surface area contributed by atoms with Crippen LogP contribution in [-0.4, -0.2) is 5.91 Å². The summed E-state index contributed by atoms with van der Waals surface area (Å²) in [5, 5.41) is 2.87. The van der Waals surface area contributed by atoms with E-state index in [2.05, 4.69) is 5.32 Å². The average Bonchev–Trinajstić information content (AvgIpc) is 2.11. The van der Waals surface area contributed by atoms with Crippen molar-refractivity contribution < 1.29 is 4.79 Å². The van der Waals surface area contributed by atoms with Gasteiger partial charge >= 0.3 is 0 Å². The molecule has 1 aromatic carbocycles. The maximum Gasteiger partial charge on any atom is 0.229 e. The Morgan fingerprint density at radius 2 is 1.93 bits per heavy atom. The lowest BCUT2D eigenvalue weighted by molar-refractivity contribution is -0.123. The number of anilines is 2. The van der Waals surface area contributed by atoms with Crippen LogP contribution in [0.4, 0.5) is 11.4 Å². The number of nitrogens with two attached hydrogens (primary N) is 1. The van der Waals surface area contributed by atoms with Crippen LogP contribution in [0.2, 0.25) is 0 Å². The van der Waals surface area contributed by atoms with Crippen molar-refractivity contribution in [3.05, 3.63) is 23.8 Å². The Kier molecular flexibility index (Phi) is 3.03. The molecule has 0 bridgehead atoms. The second-order valence-corrected chi connectivity index (χ2v) is 4.72. The van der Waals surface area contributed by atoms with Gasteiger partial charge in [-0.05, 0) is 24.6 Å². The largest absolute Gasteiger partial charge is 0.398 e. The normalized spacial score (nSPS) is 11.2. The van der Waals surface area contributed by atoms with Gasteiger partial charge in [0.1, 0.15) is 0 Å². The predicted molar refractivity (Wildman–Crippen MR) is 63.7 cm³/mol. The smallest absolute Gasteiger partial charge is 0.229 e. The molecule has 0 spiro atoms. The standard InChI is InChI=1S/C12H18N2O/c1-8-9(13)6-5-7-10(8)14-11(15)12(2,3)4/h5-7H,13H2,1-4H3,(H,14,15). The summed E-state index contributed by atoms with van der Waals surface area (Å²) in [7, 11) is 0. The fraction of sp³-hybridized carbons (Fsp3) is 0.417. The van der Waals surface area contributed by atoms with Gasteiger partial charge in [0.2, 0.25) is 5.91 Å². The lowest BCUT2D eigenvalue weighted by Gasteiger charge is -2.19. The minimum absolute atomic E-state index is 0.00352. The summed E-state index contributed by atoms with van der Waals surface area (Å²) in [5.41, 5.74) is 7.76. The van der Waals surface area contributed by atoms with Gasteiger partial charge < -0.3 is 11.1 Å². The highest BCUT2D eigenvalue weighted by atomic mass is 16.2. The van der Waals surface area contributed by atoms with E-state index in [-0.39, 0.29) is 5.91 Å². The molecule has 0 fully saturated rings. The van der Waals surface area contributed by atoms with Gasteiger partial charge in [0.15, 0.2) is 0 Å². The minimum atomic E-state index is -0.392. The Balaban J connectivity index is 2.91. The topological polar surface area (TPSA) is 55.1 Å². The fourth-order valence-corrected chi connectivity index (χ4v) is 1.10. The van der Waals surface area contributed by atoms with E-state index < -0.39 is 5.41 Å². The number of carbonyl (C=O) groups is 1. The predicted octanol–water partition coefficient (Wildman–Crippen LogP) is 2.56. The van der Waals surface area contributed by atoms with E-state index >= 15 is 0 Å². The Morgan fingerprint density at radius 1 is 1.33 bits per heavy atom. The zero-order valence-corrected chi connectivity index (χ0v) is 9.72. The number of amides is 1. The number of nitrogen functional groups attached to an aromatic ring is 1. The third kappa shape index (κ3) is 2.72. The van der Waals surface area contributed by atoms with Crippen molar-refractivity contribution in [2.75, 3.05) is 11.1 Å². The summed E-state index contributed by atoms with van der Waals surface area (Å²) in [6.45, 7) is 7.53. The summed E-state index contributed by atoms with van der Waals surface area (Å²) in [6.07, 6.45) is 0. The number of benzene rings is 1. The van der Waals surface area contributed by atoms with Gasteiger partial charge in [-0.3, -0.25) is 4.79 Å². The molecule has 0 aliphatic carbocycles. The first-order valence-electron chi connectivity index (χ1n) is 4.99. The molecule has 15 heavy (non-hydrogen) atoms. The van der Waals surface area contributed by atoms with Gasteiger partial charge in [-0.15, -0.1) is 0 Å². The molecule has 3 N–H and O–H groups in total. The molecule has 0 heterocycles. The quantitative estimate of drug-likeness (QED) is 0.694. The van der Waals surface area contributed by atoms with Crippen LogP contribution in [0.3, 0.4) is 0 Å². The maximum atomic E-state index is 11.7. The lowest BCUT2D eigenvalue weighted by Crippen LogP contribution is -2.28. The van der Waals surface area contributed by atoms with E-state index in [1.165, 1.54) is 0 Å². The van der Waals surface area contributed by atoms with E-state index in [1.54, 1.807) is 0 Å². The SMILES string of the molecule is Cc1c(N)cccc1NC(=O)C(C)(C)C. The number of nitrogens with one attached hydrogen (secondary N) is 1. The number of carbonyl (C=O) groups excluding carboxylic acids is 1. The van der Waals surface area contributed by atoms with Gasteiger partial charge in [-0.2, -0.15) is 0 Å². The maximum absolute atomic E-state index is 11.7. The highest BCUT2D eigenvalue weighted by Crippen LogP contribution is 2.23. The van der Waals surface area contributed by atoms with Crippen molar-refractivity contribution in [1.29, 1.82) is 0 Å². The van der Waals surface area contributed by atoms with Crippen LogP contribution < -0.4 is 11.1 Å². The van der Waals surface area contributed by atoms with Crippen LogP contribution in [0, 0.1) is 12.3 Å². The molecular weight excluding hydrogens is 188 g/mol. The Hall–Kier alpha value is -1.51. The van der Waals surface area contributed by atoms with E-state index in [0.29, 0.717) is 5.69 Å².